The van der Waals surface area contributed by atoms with E-state index in [2.05, 4.69) is 30.1 Å². The molecule has 7 atom stereocenters. The molecule has 3 heterocycles. The number of carbonyl (C=O) groups is 1. The van der Waals surface area contributed by atoms with Gasteiger partial charge in [-0.2, -0.15) is 9.97 Å². The zero-order valence-electron chi connectivity index (χ0n) is 27.9. The lowest BCUT2D eigenvalue weighted by atomic mass is 9.93. The van der Waals surface area contributed by atoms with E-state index in [0.29, 0.717) is 13.0 Å². The number of esters is 1. The number of carbonyl (C=O) groups excluding carboxylic acids is 1. The maximum Gasteiger partial charge on any atom is 0.406 e. The van der Waals surface area contributed by atoms with Crippen molar-refractivity contribution in [3.8, 4) is 5.88 Å². The number of aliphatic hydroxyl groups is 1. The average molecular weight is 690 g/mol. The Labute approximate surface area is 278 Å². The molecule has 18 heteroatoms. The number of anilines is 1. The van der Waals surface area contributed by atoms with Crippen molar-refractivity contribution < 1.29 is 37.7 Å². The van der Waals surface area contributed by atoms with Crippen molar-refractivity contribution in [1.82, 2.24) is 24.6 Å². The Hall–Kier alpha value is -3.82. The summed E-state index contributed by atoms with van der Waals surface area (Å²) in [5.74, 6) is -0.606. The van der Waals surface area contributed by atoms with Gasteiger partial charge in [0.15, 0.2) is 17.4 Å². The Kier molecular flexibility index (Phi) is 12.4. The lowest BCUT2D eigenvalue weighted by Gasteiger charge is -2.29. The minimum absolute atomic E-state index is 0.0954. The van der Waals surface area contributed by atoms with Gasteiger partial charge in [-0.1, -0.05) is 55.2 Å². The molecule has 0 amide bonds. The molecule has 2 unspecified atom stereocenters. The molecule has 1 aromatic carbocycles. The topological polar surface area (TPSA) is 231 Å². The molecule has 1 fully saturated rings. The van der Waals surface area contributed by atoms with Crippen molar-refractivity contribution in [3.05, 3.63) is 52.7 Å². The molecule has 1 aliphatic rings. The molecule has 0 bridgehead atoms. The highest BCUT2D eigenvalue weighted by Crippen LogP contribution is 2.51. The van der Waals surface area contributed by atoms with Gasteiger partial charge in [-0.3, -0.25) is 18.4 Å². The SMILES string of the molecule is CCCCC(OP(=O)(N[C@@H](C)C(=O)OC(C)C)OC[C@H]1O[C@@H](n2cnc3c(OCC)nc(N)nc32)[C@](C)(N=[N+]=[N-])[C@@H]1O)c1ccccc1. The van der Waals surface area contributed by atoms with E-state index in [4.69, 9.17) is 29.0 Å². The second-order valence-corrected chi connectivity index (χ2v) is 13.5. The number of unbranched alkanes of at least 4 members (excludes halogenated alkanes) is 1. The number of nitrogens with one attached hydrogen (secondary N) is 1. The highest BCUT2D eigenvalue weighted by atomic mass is 31.2. The summed E-state index contributed by atoms with van der Waals surface area (Å²) >= 11 is 0. The van der Waals surface area contributed by atoms with Crippen LogP contribution in [0.15, 0.2) is 41.8 Å². The Morgan fingerprint density at radius 2 is 2.00 bits per heavy atom. The second kappa shape index (κ2) is 16.1. The number of aliphatic hydroxyl groups excluding tert-OH is 1. The van der Waals surface area contributed by atoms with Gasteiger partial charge in [-0.05, 0) is 52.1 Å². The zero-order valence-corrected chi connectivity index (χ0v) is 28.8. The first-order valence-corrected chi connectivity index (χ1v) is 17.4. The van der Waals surface area contributed by atoms with E-state index in [-0.39, 0.29) is 23.0 Å². The first-order valence-electron chi connectivity index (χ1n) is 15.8. The number of hydrogen-bond acceptors (Lipinski definition) is 13. The van der Waals surface area contributed by atoms with E-state index in [1.54, 1.807) is 20.8 Å². The summed E-state index contributed by atoms with van der Waals surface area (Å²) in [4.78, 5) is 28.4. The summed E-state index contributed by atoms with van der Waals surface area (Å²) < 4.78 is 45.2. The minimum atomic E-state index is -4.33. The van der Waals surface area contributed by atoms with Gasteiger partial charge in [0.25, 0.3) is 0 Å². The van der Waals surface area contributed by atoms with Gasteiger partial charge in [-0.25, -0.2) is 14.6 Å². The molecule has 1 saturated heterocycles. The van der Waals surface area contributed by atoms with Gasteiger partial charge in [-0.15, -0.1) is 0 Å². The van der Waals surface area contributed by atoms with Crippen LogP contribution in [0.1, 0.15) is 78.7 Å². The number of ether oxygens (including phenoxy) is 3. The number of imidazole rings is 1. The van der Waals surface area contributed by atoms with Crippen molar-refractivity contribution in [2.24, 2.45) is 5.11 Å². The summed E-state index contributed by atoms with van der Waals surface area (Å²) in [6.07, 6.45) is -1.39. The molecule has 0 aliphatic carbocycles. The molecular formula is C30H44N9O8P. The van der Waals surface area contributed by atoms with Crippen LogP contribution in [0.2, 0.25) is 0 Å². The Bertz CT molecular complexity index is 1640. The molecule has 262 valence electrons. The number of aromatic nitrogens is 4. The van der Waals surface area contributed by atoms with Crippen LogP contribution in [0.5, 0.6) is 5.88 Å². The predicted octanol–water partition coefficient (Wildman–Crippen LogP) is 5.14. The molecule has 4 rings (SSSR count). The van der Waals surface area contributed by atoms with E-state index < -0.39 is 62.5 Å². The number of nitrogens with two attached hydrogens (primary N) is 1. The van der Waals surface area contributed by atoms with Crippen LogP contribution >= 0.6 is 7.75 Å². The fourth-order valence-corrected chi connectivity index (χ4v) is 6.98. The highest BCUT2D eigenvalue weighted by Gasteiger charge is 2.55. The van der Waals surface area contributed by atoms with Crippen LogP contribution in [0.3, 0.4) is 0 Å². The standard InChI is InChI=1S/C30H44N9O8P/c1-7-9-15-21(20-13-11-10-12-14-20)47-48(42,36-19(5)27(41)45-18(3)4)44-16-22-24(40)30(6,37-38-32)28(46-22)39-17-33-23-25(39)34-29(31)35-26(23)43-8-2/h10-14,17-19,21-22,24,28,40H,7-9,15-16H2,1-6H3,(H,36,42)(H2,31,34,35)/t19-,21?,22+,24+,28+,30+,48?/m0/s1. The third-order valence-corrected chi connectivity index (χ3v) is 9.40. The lowest BCUT2D eigenvalue weighted by molar-refractivity contribution is -0.149. The van der Waals surface area contributed by atoms with Crippen molar-refractivity contribution in [2.75, 3.05) is 18.9 Å². The largest absolute Gasteiger partial charge is 0.476 e. The molecule has 0 spiro atoms. The summed E-state index contributed by atoms with van der Waals surface area (Å²) in [5.41, 5.74) is 15.0. The predicted molar refractivity (Wildman–Crippen MR) is 176 cm³/mol. The van der Waals surface area contributed by atoms with Gasteiger partial charge in [0.2, 0.25) is 11.8 Å². The fraction of sp³-hybridized carbons (Fsp3) is 0.600. The Morgan fingerprint density at radius 3 is 2.65 bits per heavy atom. The normalized spacial score (nSPS) is 23.4. The van der Waals surface area contributed by atoms with Crippen LogP contribution in [0, 0.1) is 0 Å². The number of nitrogen functional groups attached to an aromatic ring is 1. The zero-order chi connectivity index (χ0) is 35.1. The van der Waals surface area contributed by atoms with E-state index in [9.17, 15) is 20.0 Å². The van der Waals surface area contributed by atoms with E-state index in [1.807, 2.05) is 37.3 Å². The van der Waals surface area contributed by atoms with E-state index in [0.717, 1.165) is 18.4 Å². The Morgan fingerprint density at radius 1 is 1.27 bits per heavy atom. The number of fused-ring (bicyclic) bond motifs is 1. The van der Waals surface area contributed by atoms with Gasteiger partial charge in [0, 0.05) is 4.91 Å². The van der Waals surface area contributed by atoms with Crippen LogP contribution in [0.25, 0.3) is 21.6 Å². The smallest absolute Gasteiger partial charge is 0.406 e. The van der Waals surface area contributed by atoms with E-state index in [1.165, 1.54) is 24.7 Å². The van der Waals surface area contributed by atoms with Gasteiger partial charge < -0.3 is 25.1 Å². The van der Waals surface area contributed by atoms with Crippen LogP contribution in [-0.2, 0) is 27.9 Å². The summed E-state index contributed by atoms with van der Waals surface area (Å²) in [6, 6.07) is 8.16. The second-order valence-electron chi connectivity index (χ2n) is 11.8. The van der Waals surface area contributed by atoms with Gasteiger partial charge in [0.1, 0.15) is 17.7 Å². The number of hydrogen-bond donors (Lipinski definition) is 3. The number of rotatable bonds is 17. The van der Waals surface area contributed by atoms with Crippen molar-refractivity contribution in [1.29, 1.82) is 0 Å². The van der Waals surface area contributed by atoms with Crippen LogP contribution in [0.4, 0.5) is 5.95 Å². The van der Waals surface area contributed by atoms with Crippen molar-refractivity contribution in [3.63, 3.8) is 0 Å². The molecule has 4 N–H and O–H groups in total. The molecule has 1 aliphatic heterocycles. The van der Waals surface area contributed by atoms with Crippen molar-refractivity contribution >= 4 is 30.8 Å². The first kappa shape index (κ1) is 37.0. The summed E-state index contributed by atoms with van der Waals surface area (Å²) in [7, 11) is -4.33. The quantitative estimate of drug-likeness (QED) is 0.0549. The number of azide groups is 1. The minimum Gasteiger partial charge on any atom is -0.476 e. The Balaban J connectivity index is 1.66. The molecule has 2 aromatic heterocycles. The van der Waals surface area contributed by atoms with Crippen LogP contribution < -0.4 is 15.6 Å². The summed E-state index contributed by atoms with van der Waals surface area (Å²) in [6.45, 7) is 9.98. The number of benzene rings is 1. The maximum atomic E-state index is 14.5. The van der Waals surface area contributed by atoms with Crippen LogP contribution in [-0.4, -0.2) is 73.7 Å². The van der Waals surface area contributed by atoms with Gasteiger partial charge in [0.05, 0.1) is 37.9 Å². The lowest BCUT2D eigenvalue weighted by Crippen LogP contribution is -2.43. The highest BCUT2D eigenvalue weighted by molar-refractivity contribution is 7.51. The van der Waals surface area contributed by atoms with E-state index >= 15 is 0 Å². The van der Waals surface area contributed by atoms with Gasteiger partial charge >= 0.3 is 13.7 Å². The molecule has 48 heavy (non-hydrogen) atoms. The molecular weight excluding hydrogens is 645 g/mol. The maximum absolute atomic E-state index is 14.5. The molecule has 3 aromatic rings. The molecule has 17 nitrogen and oxygen atoms in total. The number of nitrogens with zero attached hydrogens (tertiary/aromatic N) is 7. The molecule has 0 radical (unpaired) electrons. The third kappa shape index (κ3) is 8.42. The third-order valence-electron chi connectivity index (χ3n) is 7.68. The monoisotopic (exact) mass is 689 g/mol. The molecule has 0 saturated carbocycles. The fourth-order valence-electron chi connectivity index (χ4n) is 5.30. The average Bonchev–Trinajstić information content (AvgIpc) is 3.56. The first-order chi connectivity index (χ1) is 22.9. The van der Waals surface area contributed by atoms with Crippen molar-refractivity contribution in [2.45, 2.75) is 103 Å². The summed E-state index contributed by atoms with van der Waals surface area (Å²) in [5, 5.41) is 18.1.